The molecule has 0 heterocycles. The maximum Gasteiger partial charge on any atom is 0.270 e. The van der Waals surface area contributed by atoms with Gasteiger partial charge in [-0.15, -0.1) is 0 Å². The third-order valence-corrected chi connectivity index (χ3v) is 5.50. The van der Waals surface area contributed by atoms with Crippen molar-refractivity contribution in [1.29, 1.82) is 0 Å². The quantitative estimate of drug-likeness (QED) is 0.157. The van der Waals surface area contributed by atoms with Crippen LogP contribution >= 0.6 is 0 Å². The van der Waals surface area contributed by atoms with E-state index in [-0.39, 0.29) is 11.6 Å². The highest BCUT2D eigenvalue weighted by molar-refractivity contribution is 5.94. The van der Waals surface area contributed by atoms with Crippen molar-refractivity contribution in [2.45, 2.75) is 96.8 Å². The molecule has 0 radical (unpaired) electrons. The number of hydrogen-bond donors (Lipinski definition) is 0. The fraction of sp³-hybridized carbons (Fsp3) is 0.708. The molecule has 1 rings (SSSR count). The molecule has 5 heteroatoms. The van der Waals surface area contributed by atoms with E-state index < -0.39 is 4.92 Å². The average molecular weight is 405 g/mol. The van der Waals surface area contributed by atoms with Crippen LogP contribution in [-0.2, 0) is 0 Å². The maximum atomic E-state index is 12.4. The summed E-state index contributed by atoms with van der Waals surface area (Å²) in [6.07, 6.45) is 18.4. The summed E-state index contributed by atoms with van der Waals surface area (Å²) in [6.45, 7) is 2.96. The minimum absolute atomic E-state index is 0.0410. The second-order valence-corrected chi connectivity index (χ2v) is 8.13. The van der Waals surface area contributed by atoms with Gasteiger partial charge >= 0.3 is 0 Å². The van der Waals surface area contributed by atoms with Crippen LogP contribution in [0.3, 0.4) is 0 Å². The molecule has 0 aliphatic rings. The first kappa shape index (κ1) is 25.1. The minimum atomic E-state index is -0.468. The maximum absolute atomic E-state index is 12.4. The van der Waals surface area contributed by atoms with Crippen LogP contribution < -0.4 is 0 Å². The van der Waals surface area contributed by atoms with E-state index in [1.54, 1.807) is 24.1 Å². The van der Waals surface area contributed by atoms with E-state index in [2.05, 4.69) is 6.92 Å². The standard InChI is InChI=1S/C24H40N2O3/c1-3-4-5-6-7-8-9-10-11-12-13-14-15-16-20-25(2)24(27)22-18-17-19-23(21-22)26(28)29/h17-19,21H,3-16,20H2,1-2H3. The Bertz CT molecular complexity index is 589. The average Bonchev–Trinajstić information content (AvgIpc) is 2.73. The number of nitrogens with zero attached hydrogens (tertiary/aromatic N) is 2. The number of rotatable bonds is 17. The lowest BCUT2D eigenvalue weighted by molar-refractivity contribution is -0.384. The van der Waals surface area contributed by atoms with Gasteiger partial charge in [0.05, 0.1) is 4.92 Å². The van der Waals surface area contributed by atoms with Crippen molar-refractivity contribution in [2.24, 2.45) is 0 Å². The summed E-state index contributed by atoms with van der Waals surface area (Å²) in [5, 5.41) is 10.8. The zero-order chi connectivity index (χ0) is 21.3. The first-order valence-electron chi connectivity index (χ1n) is 11.6. The van der Waals surface area contributed by atoms with Gasteiger partial charge in [-0.2, -0.15) is 0 Å². The van der Waals surface area contributed by atoms with Crippen LogP contribution in [0.15, 0.2) is 24.3 Å². The van der Waals surface area contributed by atoms with Crippen LogP contribution in [0, 0.1) is 10.1 Å². The van der Waals surface area contributed by atoms with Gasteiger partial charge in [-0.1, -0.05) is 96.5 Å². The molecule has 0 saturated carbocycles. The van der Waals surface area contributed by atoms with Gasteiger partial charge in [0.15, 0.2) is 0 Å². The van der Waals surface area contributed by atoms with Crippen molar-refractivity contribution >= 4 is 11.6 Å². The van der Waals surface area contributed by atoms with E-state index in [1.165, 1.54) is 89.2 Å². The van der Waals surface area contributed by atoms with Crippen LogP contribution in [0.4, 0.5) is 5.69 Å². The van der Waals surface area contributed by atoms with Crippen LogP contribution in [0.1, 0.15) is 107 Å². The Morgan fingerprint density at radius 2 is 1.34 bits per heavy atom. The third-order valence-electron chi connectivity index (χ3n) is 5.50. The van der Waals surface area contributed by atoms with Crippen molar-refractivity contribution in [2.75, 3.05) is 13.6 Å². The summed E-state index contributed by atoms with van der Waals surface area (Å²) in [5.41, 5.74) is 0.341. The fourth-order valence-electron chi connectivity index (χ4n) is 3.62. The van der Waals surface area contributed by atoms with E-state index in [0.717, 1.165) is 12.8 Å². The lowest BCUT2D eigenvalue weighted by Crippen LogP contribution is -2.27. The van der Waals surface area contributed by atoms with E-state index in [0.29, 0.717) is 12.1 Å². The highest BCUT2D eigenvalue weighted by Gasteiger charge is 2.14. The second kappa shape index (κ2) is 15.9. The largest absolute Gasteiger partial charge is 0.342 e. The van der Waals surface area contributed by atoms with Gasteiger partial charge in [-0.3, -0.25) is 14.9 Å². The number of carbonyl (C=O) groups is 1. The van der Waals surface area contributed by atoms with Gasteiger partial charge in [0.2, 0.25) is 0 Å². The number of unbranched alkanes of at least 4 members (excludes halogenated alkanes) is 13. The highest BCUT2D eigenvalue weighted by atomic mass is 16.6. The molecule has 0 aliphatic heterocycles. The summed E-state index contributed by atoms with van der Waals surface area (Å²) in [6, 6.07) is 5.96. The molecule has 1 aromatic carbocycles. The molecule has 0 unspecified atom stereocenters. The molecule has 1 aromatic rings. The van der Waals surface area contributed by atoms with Crippen LogP contribution in [0.2, 0.25) is 0 Å². The Morgan fingerprint density at radius 3 is 1.83 bits per heavy atom. The van der Waals surface area contributed by atoms with E-state index in [9.17, 15) is 14.9 Å². The fourth-order valence-corrected chi connectivity index (χ4v) is 3.62. The predicted molar refractivity (Wildman–Crippen MR) is 120 cm³/mol. The Hall–Kier alpha value is -1.91. The van der Waals surface area contributed by atoms with Crippen molar-refractivity contribution in [1.82, 2.24) is 4.90 Å². The highest BCUT2D eigenvalue weighted by Crippen LogP contribution is 2.16. The number of carbonyl (C=O) groups excluding carboxylic acids is 1. The van der Waals surface area contributed by atoms with Gasteiger partial charge in [0, 0.05) is 31.3 Å². The predicted octanol–water partition coefficient (Wildman–Crippen LogP) is 7.15. The van der Waals surface area contributed by atoms with Gasteiger partial charge in [-0.25, -0.2) is 0 Å². The summed E-state index contributed by atoms with van der Waals surface area (Å²) in [4.78, 5) is 24.4. The molecule has 0 fully saturated rings. The Balaban J connectivity index is 2.01. The topological polar surface area (TPSA) is 63.5 Å². The summed E-state index contributed by atoms with van der Waals surface area (Å²) >= 11 is 0. The van der Waals surface area contributed by atoms with E-state index in [1.807, 2.05) is 0 Å². The summed E-state index contributed by atoms with van der Waals surface area (Å²) < 4.78 is 0. The van der Waals surface area contributed by atoms with Crippen molar-refractivity contribution in [3.8, 4) is 0 Å². The lowest BCUT2D eigenvalue weighted by atomic mass is 10.0. The molecule has 0 N–H and O–H groups in total. The molecule has 5 nitrogen and oxygen atoms in total. The Kier molecular flexibility index (Phi) is 13.8. The van der Waals surface area contributed by atoms with Gasteiger partial charge in [0.25, 0.3) is 11.6 Å². The number of nitro benzene ring substituents is 1. The van der Waals surface area contributed by atoms with Crippen LogP contribution in [-0.4, -0.2) is 29.3 Å². The molecule has 1 amide bonds. The molecule has 0 saturated heterocycles. The van der Waals surface area contributed by atoms with Crippen molar-refractivity contribution in [3.05, 3.63) is 39.9 Å². The third kappa shape index (κ3) is 11.6. The molecule has 0 aromatic heterocycles. The molecular weight excluding hydrogens is 364 g/mol. The Morgan fingerprint density at radius 1 is 0.862 bits per heavy atom. The zero-order valence-electron chi connectivity index (χ0n) is 18.5. The SMILES string of the molecule is CCCCCCCCCCCCCCCCN(C)C(=O)c1cccc([N+](=O)[O-])c1. The number of non-ortho nitro benzene ring substituents is 1. The number of amides is 1. The molecule has 0 spiro atoms. The van der Waals surface area contributed by atoms with Crippen molar-refractivity contribution < 1.29 is 9.72 Å². The lowest BCUT2D eigenvalue weighted by Gasteiger charge is -2.17. The first-order valence-corrected chi connectivity index (χ1v) is 11.6. The second-order valence-electron chi connectivity index (χ2n) is 8.13. The van der Waals surface area contributed by atoms with Gasteiger partial charge < -0.3 is 4.90 Å². The summed E-state index contributed by atoms with van der Waals surface area (Å²) in [5.74, 6) is -0.150. The van der Waals surface area contributed by atoms with Crippen LogP contribution in [0.5, 0.6) is 0 Å². The zero-order valence-corrected chi connectivity index (χ0v) is 18.5. The summed E-state index contributed by atoms with van der Waals surface area (Å²) in [7, 11) is 1.77. The first-order chi connectivity index (χ1) is 14.1. The molecule has 164 valence electrons. The van der Waals surface area contributed by atoms with E-state index in [4.69, 9.17) is 0 Å². The number of nitro groups is 1. The normalized spacial score (nSPS) is 10.8. The number of benzene rings is 1. The van der Waals surface area contributed by atoms with Crippen molar-refractivity contribution in [3.63, 3.8) is 0 Å². The molecule has 0 atom stereocenters. The van der Waals surface area contributed by atoms with Gasteiger partial charge in [-0.05, 0) is 12.5 Å². The smallest absolute Gasteiger partial charge is 0.270 e. The molecule has 0 aliphatic carbocycles. The van der Waals surface area contributed by atoms with Gasteiger partial charge in [0.1, 0.15) is 0 Å². The van der Waals surface area contributed by atoms with Crippen LogP contribution in [0.25, 0.3) is 0 Å². The monoisotopic (exact) mass is 404 g/mol. The molecular formula is C24H40N2O3. The minimum Gasteiger partial charge on any atom is -0.342 e. The number of hydrogen-bond acceptors (Lipinski definition) is 3. The molecule has 0 bridgehead atoms. The Labute approximate surface area is 177 Å². The van der Waals surface area contributed by atoms with E-state index >= 15 is 0 Å². The molecule has 29 heavy (non-hydrogen) atoms.